The first-order chi connectivity index (χ1) is 19.6. The number of hydrogen-bond acceptors (Lipinski definition) is 3. The molecular formula is C35H36FN3O. The Labute approximate surface area is 236 Å². The van der Waals surface area contributed by atoms with E-state index in [2.05, 4.69) is 52.8 Å². The van der Waals surface area contributed by atoms with Crippen LogP contribution in [0.2, 0.25) is 0 Å². The Kier molecular flexibility index (Phi) is 7.92. The summed E-state index contributed by atoms with van der Waals surface area (Å²) in [5.41, 5.74) is 4.58. The number of fused-ring (bicyclic) bond motifs is 1. The Morgan fingerprint density at radius 2 is 1.60 bits per heavy atom. The summed E-state index contributed by atoms with van der Waals surface area (Å²) in [4.78, 5) is 18.2. The molecule has 204 valence electrons. The molecule has 1 N–H and O–H groups in total. The Bertz CT molecular complexity index is 1470. The van der Waals surface area contributed by atoms with Gasteiger partial charge in [0.05, 0.1) is 0 Å². The third kappa shape index (κ3) is 5.95. The second-order valence-corrected chi connectivity index (χ2v) is 11.1. The molecule has 0 aromatic heterocycles. The Morgan fingerprint density at radius 3 is 2.40 bits per heavy atom. The van der Waals surface area contributed by atoms with E-state index in [0.717, 1.165) is 55.4 Å². The van der Waals surface area contributed by atoms with Gasteiger partial charge in [0, 0.05) is 56.9 Å². The van der Waals surface area contributed by atoms with Gasteiger partial charge in [-0.2, -0.15) is 0 Å². The molecule has 0 saturated carbocycles. The zero-order chi connectivity index (χ0) is 27.3. The molecule has 1 amide bonds. The highest BCUT2D eigenvalue weighted by Crippen LogP contribution is 2.31. The van der Waals surface area contributed by atoms with Crippen molar-refractivity contribution in [2.24, 2.45) is 5.92 Å². The van der Waals surface area contributed by atoms with Crippen molar-refractivity contribution in [3.63, 3.8) is 0 Å². The minimum absolute atomic E-state index is 0.100. The number of rotatable bonds is 7. The molecule has 0 spiro atoms. The van der Waals surface area contributed by atoms with Gasteiger partial charge >= 0.3 is 0 Å². The van der Waals surface area contributed by atoms with Crippen LogP contribution >= 0.6 is 0 Å². The lowest BCUT2D eigenvalue weighted by Gasteiger charge is -2.32. The third-order valence-electron chi connectivity index (χ3n) is 8.43. The number of nitrogens with one attached hydrogen (secondary N) is 1. The fraction of sp³-hybridized carbons (Fsp3) is 0.286. The summed E-state index contributed by atoms with van der Waals surface area (Å²) >= 11 is 0. The van der Waals surface area contributed by atoms with Gasteiger partial charge in [-0.1, -0.05) is 78.9 Å². The molecule has 1 atom stereocenters. The van der Waals surface area contributed by atoms with Crippen LogP contribution in [0.1, 0.15) is 40.2 Å². The molecule has 2 saturated heterocycles. The summed E-state index contributed by atoms with van der Waals surface area (Å²) in [6.07, 6.45) is 4.42. The van der Waals surface area contributed by atoms with Crippen molar-refractivity contribution in [1.82, 2.24) is 15.1 Å². The van der Waals surface area contributed by atoms with Gasteiger partial charge in [0.25, 0.3) is 5.91 Å². The van der Waals surface area contributed by atoms with Gasteiger partial charge in [0.1, 0.15) is 5.82 Å². The van der Waals surface area contributed by atoms with Crippen molar-refractivity contribution in [3.05, 3.63) is 131 Å². The Balaban J connectivity index is 1.17. The lowest BCUT2D eigenvalue weighted by Crippen LogP contribution is -2.31. The predicted octanol–water partition coefficient (Wildman–Crippen LogP) is 6.60. The van der Waals surface area contributed by atoms with Crippen molar-refractivity contribution in [2.45, 2.75) is 25.3 Å². The highest BCUT2D eigenvalue weighted by atomic mass is 19.1. The third-order valence-corrected chi connectivity index (χ3v) is 8.43. The number of piperidine rings is 1. The first-order valence-electron chi connectivity index (χ1n) is 14.4. The van der Waals surface area contributed by atoms with Gasteiger partial charge in [-0.05, 0) is 64.4 Å². The summed E-state index contributed by atoms with van der Waals surface area (Å²) in [5.74, 6) is 0.647. The highest BCUT2D eigenvalue weighted by Gasteiger charge is 2.32. The van der Waals surface area contributed by atoms with Crippen molar-refractivity contribution in [1.29, 1.82) is 0 Å². The number of halogens is 1. The van der Waals surface area contributed by atoms with Gasteiger partial charge in [-0.15, -0.1) is 0 Å². The smallest absolute Gasteiger partial charge is 0.254 e. The first kappa shape index (κ1) is 26.3. The van der Waals surface area contributed by atoms with Gasteiger partial charge < -0.3 is 15.1 Å². The molecule has 4 aromatic rings. The molecule has 2 aliphatic heterocycles. The molecular weight excluding hydrogens is 497 g/mol. The van der Waals surface area contributed by atoms with E-state index in [1.54, 1.807) is 12.1 Å². The molecule has 1 unspecified atom stereocenters. The topological polar surface area (TPSA) is 35.6 Å². The molecule has 0 radical (unpaired) electrons. The SMILES string of the molecule is O=C(c1cccc2ccccc12)N1C/C(=C\N2CCC(c3ccc(F)cc3)CC2)C(CNCc2ccccc2)C1. The Morgan fingerprint density at radius 1 is 0.875 bits per heavy atom. The summed E-state index contributed by atoms with van der Waals surface area (Å²) < 4.78 is 13.4. The van der Waals surface area contributed by atoms with Gasteiger partial charge in [-0.3, -0.25) is 4.79 Å². The highest BCUT2D eigenvalue weighted by molar-refractivity contribution is 6.07. The number of amides is 1. The number of nitrogens with zero attached hydrogens (tertiary/aromatic N) is 2. The van der Waals surface area contributed by atoms with Gasteiger partial charge in [0.2, 0.25) is 0 Å². The zero-order valence-electron chi connectivity index (χ0n) is 22.8. The van der Waals surface area contributed by atoms with E-state index in [1.165, 1.54) is 16.7 Å². The number of likely N-dealkylation sites (tertiary alicyclic amines) is 2. The zero-order valence-corrected chi connectivity index (χ0v) is 22.8. The molecule has 6 rings (SSSR count). The second kappa shape index (κ2) is 12.1. The number of carbonyl (C=O) groups is 1. The van der Waals surface area contributed by atoms with Crippen LogP contribution in [-0.2, 0) is 6.54 Å². The monoisotopic (exact) mass is 533 g/mol. The van der Waals surface area contributed by atoms with E-state index in [1.807, 2.05) is 53.4 Å². The molecule has 0 bridgehead atoms. The molecule has 2 heterocycles. The predicted molar refractivity (Wildman–Crippen MR) is 160 cm³/mol. The molecule has 2 fully saturated rings. The first-order valence-corrected chi connectivity index (χ1v) is 14.4. The molecule has 4 aromatic carbocycles. The van der Waals surface area contributed by atoms with Crippen molar-refractivity contribution in [2.75, 3.05) is 32.7 Å². The summed E-state index contributed by atoms with van der Waals surface area (Å²) in [6, 6.07) is 31.6. The minimum Gasteiger partial charge on any atom is -0.377 e. The fourth-order valence-electron chi connectivity index (χ4n) is 6.19. The van der Waals surface area contributed by atoms with E-state index in [-0.39, 0.29) is 17.6 Å². The van der Waals surface area contributed by atoms with E-state index in [0.29, 0.717) is 19.0 Å². The standard InChI is InChI=1S/C35H36FN3O/c36-32-15-13-27(14-16-32)28-17-19-38(20-18-28)23-31-25-39(24-30(31)22-37-21-26-7-2-1-3-8-26)35(40)34-12-6-10-29-9-4-5-11-33(29)34/h1-16,23,28,30,37H,17-22,24-25H2/b31-23+. The number of benzene rings is 4. The molecule has 40 heavy (non-hydrogen) atoms. The normalized spacial score (nSPS) is 19.0. The maximum atomic E-state index is 13.8. The van der Waals surface area contributed by atoms with Crippen LogP contribution in [0.5, 0.6) is 0 Å². The maximum absolute atomic E-state index is 13.8. The number of carbonyl (C=O) groups excluding carboxylic acids is 1. The summed E-state index contributed by atoms with van der Waals surface area (Å²) in [6.45, 7) is 4.93. The van der Waals surface area contributed by atoms with Crippen LogP contribution in [-0.4, -0.2) is 48.4 Å². The van der Waals surface area contributed by atoms with E-state index in [9.17, 15) is 9.18 Å². The van der Waals surface area contributed by atoms with Crippen molar-refractivity contribution >= 4 is 16.7 Å². The van der Waals surface area contributed by atoms with Crippen LogP contribution in [0.25, 0.3) is 10.8 Å². The van der Waals surface area contributed by atoms with Crippen LogP contribution in [0.15, 0.2) is 109 Å². The van der Waals surface area contributed by atoms with E-state index >= 15 is 0 Å². The van der Waals surface area contributed by atoms with Crippen LogP contribution in [0, 0.1) is 11.7 Å². The quantitative estimate of drug-likeness (QED) is 0.291. The maximum Gasteiger partial charge on any atom is 0.254 e. The second-order valence-electron chi connectivity index (χ2n) is 11.1. The van der Waals surface area contributed by atoms with Gasteiger partial charge in [-0.25, -0.2) is 4.39 Å². The molecule has 0 aliphatic carbocycles. The number of hydrogen-bond donors (Lipinski definition) is 1. The van der Waals surface area contributed by atoms with Crippen molar-refractivity contribution in [3.8, 4) is 0 Å². The average Bonchev–Trinajstić information content (AvgIpc) is 3.40. The molecule has 4 nitrogen and oxygen atoms in total. The van der Waals surface area contributed by atoms with E-state index in [4.69, 9.17) is 0 Å². The average molecular weight is 534 g/mol. The van der Waals surface area contributed by atoms with Crippen LogP contribution in [0.3, 0.4) is 0 Å². The molecule has 2 aliphatic rings. The Hall–Kier alpha value is -3.96. The van der Waals surface area contributed by atoms with Crippen molar-refractivity contribution < 1.29 is 9.18 Å². The summed E-state index contributed by atoms with van der Waals surface area (Å²) in [7, 11) is 0. The van der Waals surface area contributed by atoms with Crippen LogP contribution in [0.4, 0.5) is 4.39 Å². The van der Waals surface area contributed by atoms with Gasteiger partial charge in [0.15, 0.2) is 0 Å². The minimum atomic E-state index is -0.179. The largest absolute Gasteiger partial charge is 0.377 e. The lowest BCUT2D eigenvalue weighted by molar-refractivity contribution is 0.0790. The lowest BCUT2D eigenvalue weighted by atomic mass is 9.89. The van der Waals surface area contributed by atoms with E-state index < -0.39 is 0 Å². The summed E-state index contributed by atoms with van der Waals surface area (Å²) in [5, 5.41) is 5.74. The molecule has 5 heteroatoms. The fourth-order valence-corrected chi connectivity index (χ4v) is 6.19. The van der Waals surface area contributed by atoms with Crippen LogP contribution < -0.4 is 5.32 Å².